The van der Waals surface area contributed by atoms with Crippen LogP contribution in [0.1, 0.15) is 31.2 Å². The number of ether oxygens (including phenoxy) is 1. The number of nitrogens with one attached hydrogen (secondary N) is 1. The topological polar surface area (TPSA) is 71.8 Å². The van der Waals surface area contributed by atoms with Gasteiger partial charge in [-0.25, -0.2) is 9.59 Å². The number of thioether (sulfide) groups is 1. The van der Waals surface area contributed by atoms with Crippen molar-refractivity contribution in [3.05, 3.63) is 71.3 Å². The lowest BCUT2D eigenvalue weighted by Crippen LogP contribution is -2.49. The Balaban J connectivity index is 1.97. The molecule has 6 nitrogen and oxygen atoms in total. The summed E-state index contributed by atoms with van der Waals surface area (Å²) in [7, 11) is 0. The van der Waals surface area contributed by atoms with E-state index in [2.05, 4.69) is 5.32 Å². The van der Waals surface area contributed by atoms with Crippen LogP contribution in [-0.2, 0) is 15.3 Å². The summed E-state index contributed by atoms with van der Waals surface area (Å²) in [6, 6.07) is 12.5. The molecule has 2 amide bonds. The fourth-order valence-corrected chi connectivity index (χ4v) is 4.15. The minimum Gasteiger partial charge on any atom is -0.468 e. The van der Waals surface area contributed by atoms with Crippen LogP contribution in [-0.4, -0.2) is 35.8 Å². The molecule has 1 aliphatic heterocycles. The van der Waals surface area contributed by atoms with Gasteiger partial charge >= 0.3 is 12.0 Å². The first kappa shape index (κ1) is 20.1. The number of amides is 2. The average Bonchev–Trinajstić information content (AvgIpc) is 3.22. The number of carbonyl (C=O) groups is 2. The molecule has 0 saturated heterocycles. The van der Waals surface area contributed by atoms with Crippen molar-refractivity contribution in [3.8, 4) is 0 Å². The number of benzene rings is 1. The molecule has 1 aromatic carbocycles. The maximum atomic E-state index is 12.9. The lowest BCUT2D eigenvalue weighted by atomic mass is 9.95. The van der Waals surface area contributed by atoms with E-state index in [1.54, 1.807) is 29.8 Å². The minimum absolute atomic E-state index is 0.210. The van der Waals surface area contributed by atoms with Gasteiger partial charge < -0.3 is 14.5 Å². The summed E-state index contributed by atoms with van der Waals surface area (Å²) in [6.07, 6.45) is 1.64. The Kier molecular flexibility index (Phi) is 6.81. The summed E-state index contributed by atoms with van der Waals surface area (Å²) in [5, 5.41) is 2.96. The number of carbonyl (C=O) groups excluding carboxylic acids is 2. The van der Waals surface area contributed by atoms with E-state index < -0.39 is 12.0 Å². The Bertz CT molecular complexity index is 833. The molecule has 148 valence electrons. The van der Waals surface area contributed by atoms with Gasteiger partial charge in [0.2, 0.25) is 0 Å². The standard InChI is InChI=1S/C21H24N2O4S/c1-3-23-17(14-28-13-16-11-8-12-27-16)18(20(24)26-4-2)19(22-21(23)25)15-9-6-5-7-10-15/h5-12,19H,3-4,13-14H2,1-2H3,(H,22,25)/t19-/m1/s1. The summed E-state index contributed by atoms with van der Waals surface area (Å²) in [6.45, 7) is 4.41. The van der Waals surface area contributed by atoms with Crippen LogP contribution in [0.15, 0.2) is 64.4 Å². The molecule has 0 bridgehead atoms. The maximum Gasteiger partial charge on any atom is 0.338 e. The lowest BCUT2D eigenvalue weighted by Gasteiger charge is -2.36. The third-order valence-corrected chi connectivity index (χ3v) is 5.41. The van der Waals surface area contributed by atoms with Crippen LogP contribution in [0.3, 0.4) is 0 Å². The molecule has 1 aliphatic rings. The summed E-state index contributed by atoms with van der Waals surface area (Å²) < 4.78 is 10.7. The monoisotopic (exact) mass is 400 g/mol. The number of hydrogen-bond acceptors (Lipinski definition) is 5. The highest BCUT2D eigenvalue weighted by atomic mass is 32.2. The van der Waals surface area contributed by atoms with Crippen LogP contribution >= 0.6 is 11.8 Å². The van der Waals surface area contributed by atoms with Crippen LogP contribution in [0.5, 0.6) is 0 Å². The minimum atomic E-state index is -0.533. The molecule has 1 aromatic heterocycles. The van der Waals surface area contributed by atoms with E-state index in [-0.39, 0.29) is 12.6 Å². The molecule has 1 N–H and O–H groups in total. The lowest BCUT2D eigenvalue weighted by molar-refractivity contribution is -0.139. The summed E-state index contributed by atoms with van der Waals surface area (Å²) in [5.74, 6) is 1.61. The van der Waals surface area contributed by atoms with Gasteiger partial charge in [-0.3, -0.25) is 4.90 Å². The van der Waals surface area contributed by atoms with E-state index in [0.29, 0.717) is 29.3 Å². The summed E-state index contributed by atoms with van der Waals surface area (Å²) >= 11 is 1.59. The molecule has 2 heterocycles. The number of furan rings is 1. The SMILES string of the molecule is CCOC(=O)C1=C(CSCc2ccco2)N(CC)C(=O)N[C@@H]1c1ccccc1. The molecule has 1 atom stereocenters. The number of esters is 1. The van der Waals surface area contributed by atoms with Gasteiger partial charge in [0.15, 0.2) is 0 Å². The quantitative estimate of drug-likeness (QED) is 0.675. The van der Waals surface area contributed by atoms with Crippen molar-refractivity contribution in [3.63, 3.8) is 0 Å². The molecule has 0 spiro atoms. The Morgan fingerprint density at radius 3 is 2.61 bits per heavy atom. The maximum absolute atomic E-state index is 12.9. The zero-order valence-electron chi connectivity index (χ0n) is 16.0. The van der Waals surface area contributed by atoms with Crippen molar-refractivity contribution in [1.82, 2.24) is 10.2 Å². The van der Waals surface area contributed by atoms with E-state index in [1.165, 1.54) is 0 Å². The fourth-order valence-electron chi connectivity index (χ4n) is 3.18. The van der Waals surface area contributed by atoms with Crippen LogP contribution in [0.25, 0.3) is 0 Å². The van der Waals surface area contributed by atoms with Gasteiger partial charge in [0, 0.05) is 18.0 Å². The van der Waals surface area contributed by atoms with Gasteiger partial charge in [-0.05, 0) is 31.5 Å². The summed E-state index contributed by atoms with van der Waals surface area (Å²) in [5.41, 5.74) is 2.03. The number of hydrogen-bond donors (Lipinski definition) is 1. The van der Waals surface area contributed by atoms with Gasteiger partial charge in [0.25, 0.3) is 0 Å². The third-order valence-electron chi connectivity index (χ3n) is 4.45. The number of nitrogens with zero attached hydrogens (tertiary/aromatic N) is 1. The van der Waals surface area contributed by atoms with Gasteiger partial charge in [0.05, 0.1) is 30.2 Å². The molecule has 28 heavy (non-hydrogen) atoms. The van der Waals surface area contributed by atoms with Crippen LogP contribution in [0.4, 0.5) is 4.79 Å². The van der Waals surface area contributed by atoms with Gasteiger partial charge in [-0.2, -0.15) is 0 Å². The second-order valence-electron chi connectivity index (χ2n) is 6.19. The number of rotatable bonds is 8. The van der Waals surface area contributed by atoms with Crippen LogP contribution in [0.2, 0.25) is 0 Å². The number of urea groups is 1. The Labute approximate surface area is 168 Å². The van der Waals surface area contributed by atoms with E-state index in [9.17, 15) is 9.59 Å². The first-order valence-electron chi connectivity index (χ1n) is 9.29. The molecule has 0 fully saturated rings. The zero-order chi connectivity index (χ0) is 19.9. The van der Waals surface area contributed by atoms with Gasteiger partial charge in [0.1, 0.15) is 5.76 Å². The largest absolute Gasteiger partial charge is 0.468 e. The molecular weight excluding hydrogens is 376 g/mol. The van der Waals surface area contributed by atoms with Crippen LogP contribution in [0, 0.1) is 0 Å². The Morgan fingerprint density at radius 1 is 1.18 bits per heavy atom. The first-order valence-corrected chi connectivity index (χ1v) is 10.4. The van der Waals surface area contributed by atoms with Crippen molar-refractivity contribution < 1.29 is 18.7 Å². The van der Waals surface area contributed by atoms with E-state index >= 15 is 0 Å². The highest BCUT2D eigenvalue weighted by Gasteiger charge is 2.37. The molecule has 7 heteroatoms. The normalized spacial score (nSPS) is 16.9. The van der Waals surface area contributed by atoms with E-state index in [0.717, 1.165) is 11.3 Å². The van der Waals surface area contributed by atoms with Crippen molar-refractivity contribution in [1.29, 1.82) is 0 Å². The van der Waals surface area contributed by atoms with Gasteiger partial charge in [-0.15, -0.1) is 11.8 Å². The van der Waals surface area contributed by atoms with E-state index in [1.807, 2.05) is 49.4 Å². The summed E-state index contributed by atoms with van der Waals surface area (Å²) in [4.78, 5) is 27.2. The molecule has 0 aliphatic carbocycles. The van der Waals surface area contributed by atoms with Gasteiger partial charge in [-0.1, -0.05) is 30.3 Å². The predicted molar refractivity (Wildman–Crippen MR) is 109 cm³/mol. The fraction of sp³-hybridized carbons (Fsp3) is 0.333. The molecule has 3 rings (SSSR count). The molecule has 0 unspecified atom stereocenters. The highest BCUT2D eigenvalue weighted by molar-refractivity contribution is 7.98. The average molecular weight is 401 g/mol. The smallest absolute Gasteiger partial charge is 0.338 e. The Morgan fingerprint density at radius 2 is 1.96 bits per heavy atom. The third kappa shape index (κ3) is 4.42. The Hall–Kier alpha value is -2.67. The molecule has 0 saturated carbocycles. The highest BCUT2D eigenvalue weighted by Crippen LogP contribution is 2.33. The van der Waals surface area contributed by atoms with Crippen molar-refractivity contribution >= 4 is 23.8 Å². The van der Waals surface area contributed by atoms with E-state index in [4.69, 9.17) is 9.15 Å². The molecule has 0 radical (unpaired) electrons. The van der Waals surface area contributed by atoms with Crippen molar-refractivity contribution in [2.75, 3.05) is 18.9 Å². The second-order valence-corrected chi connectivity index (χ2v) is 7.18. The zero-order valence-corrected chi connectivity index (χ0v) is 16.8. The first-order chi connectivity index (χ1) is 13.7. The van der Waals surface area contributed by atoms with Crippen molar-refractivity contribution in [2.45, 2.75) is 25.6 Å². The molecule has 2 aromatic rings. The molecular formula is C21H24N2O4S. The van der Waals surface area contributed by atoms with Crippen LogP contribution < -0.4 is 5.32 Å². The van der Waals surface area contributed by atoms with Crippen molar-refractivity contribution in [2.24, 2.45) is 0 Å². The predicted octanol–water partition coefficient (Wildman–Crippen LogP) is 4.12. The second kappa shape index (κ2) is 9.50.